The van der Waals surface area contributed by atoms with Crippen LogP contribution in [0.4, 0.5) is 5.69 Å². The summed E-state index contributed by atoms with van der Waals surface area (Å²) >= 11 is 0. The number of rotatable bonds is 17. The number of phenols is 1. The third kappa shape index (κ3) is 11.4. The summed E-state index contributed by atoms with van der Waals surface area (Å²) in [6.45, 7) is 2.29. The average Bonchev–Trinajstić information content (AvgIpc) is 2.64. The number of anilines is 1. The van der Waals surface area contributed by atoms with E-state index < -0.39 is 0 Å². The van der Waals surface area contributed by atoms with Crippen LogP contribution in [0, 0.1) is 0 Å². The van der Waals surface area contributed by atoms with Crippen molar-refractivity contribution in [3.8, 4) is 5.75 Å². The molecule has 2 nitrogen and oxygen atoms in total. The minimum Gasteiger partial charge on any atom is -0.506 e. The van der Waals surface area contributed by atoms with Crippen LogP contribution in [0.25, 0.3) is 0 Å². The van der Waals surface area contributed by atoms with Gasteiger partial charge in [0.2, 0.25) is 0 Å². The fourth-order valence-corrected chi connectivity index (χ4v) is 3.68. The fraction of sp³-hybridized carbons (Fsp3) is 0.750. The normalized spacial score (nSPS) is 11.1. The highest BCUT2D eigenvalue weighted by Crippen LogP contribution is 2.25. The van der Waals surface area contributed by atoms with Gasteiger partial charge in [-0.05, 0) is 24.5 Å². The molecule has 0 unspecified atom stereocenters. The first-order valence-corrected chi connectivity index (χ1v) is 11.3. The van der Waals surface area contributed by atoms with Crippen LogP contribution in [-0.2, 0) is 6.42 Å². The monoisotopic (exact) mass is 361 g/mol. The minimum absolute atomic E-state index is 0.221. The molecule has 1 aromatic carbocycles. The Morgan fingerprint density at radius 1 is 0.654 bits per heavy atom. The van der Waals surface area contributed by atoms with Crippen molar-refractivity contribution in [2.24, 2.45) is 0 Å². The maximum atomic E-state index is 9.61. The molecule has 150 valence electrons. The summed E-state index contributed by atoms with van der Waals surface area (Å²) in [7, 11) is 0. The van der Waals surface area contributed by atoms with Gasteiger partial charge in [-0.1, -0.05) is 115 Å². The van der Waals surface area contributed by atoms with Gasteiger partial charge in [0.25, 0.3) is 0 Å². The molecule has 0 heterocycles. The molecule has 0 atom stereocenters. The number of nitrogens with two attached hydrogens (primary N) is 1. The molecule has 0 saturated heterocycles. The zero-order valence-corrected chi connectivity index (χ0v) is 17.3. The van der Waals surface area contributed by atoms with E-state index in [9.17, 15) is 5.11 Å². The Morgan fingerprint density at radius 2 is 1.08 bits per heavy atom. The Kier molecular flexibility index (Phi) is 14.1. The average molecular weight is 362 g/mol. The summed E-state index contributed by atoms with van der Waals surface area (Å²) < 4.78 is 0. The maximum absolute atomic E-state index is 9.61. The van der Waals surface area contributed by atoms with Gasteiger partial charge in [0, 0.05) is 0 Å². The van der Waals surface area contributed by atoms with E-state index in [0.29, 0.717) is 5.69 Å². The fourth-order valence-electron chi connectivity index (χ4n) is 3.68. The molecule has 0 aliphatic heterocycles. The molecular formula is C24H43NO. The van der Waals surface area contributed by atoms with Crippen LogP contribution in [0.1, 0.15) is 115 Å². The molecule has 1 rings (SSSR count). The van der Waals surface area contributed by atoms with Crippen LogP contribution < -0.4 is 5.73 Å². The van der Waals surface area contributed by atoms with Gasteiger partial charge in [-0.25, -0.2) is 0 Å². The van der Waals surface area contributed by atoms with Gasteiger partial charge in [0.05, 0.1) is 5.69 Å². The number of nitrogen functional groups attached to an aromatic ring is 1. The number of unbranched alkanes of at least 4 members (excludes halogenated alkanes) is 15. The SMILES string of the molecule is CCCCCCCCCCCCCCCCCCc1cccc(O)c1N. The number of hydrogen-bond acceptors (Lipinski definition) is 2. The Balaban J connectivity index is 1.80. The highest BCUT2D eigenvalue weighted by Gasteiger charge is 2.03. The number of aryl methyl sites for hydroxylation is 1. The Morgan fingerprint density at radius 3 is 1.54 bits per heavy atom. The molecule has 0 aliphatic carbocycles. The predicted molar refractivity (Wildman–Crippen MR) is 116 cm³/mol. The molecule has 26 heavy (non-hydrogen) atoms. The first-order chi connectivity index (χ1) is 12.8. The van der Waals surface area contributed by atoms with Crippen LogP contribution in [0.2, 0.25) is 0 Å². The Bertz CT molecular complexity index is 444. The second kappa shape index (κ2) is 16.0. The second-order valence-corrected chi connectivity index (χ2v) is 7.90. The van der Waals surface area contributed by atoms with Crippen LogP contribution in [-0.4, -0.2) is 5.11 Å². The van der Waals surface area contributed by atoms with E-state index >= 15 is 0 Å². The van der Waals surface area contributed by atoms with E-state index in [4.69, 9.17) is 5.73 Å². The van der Waals surface area contributed by atoms with E-state index in [1.807, 2.05) is 12.1 Å². The number of para-hydroxylation sites is 1. The van der Waals surface area contributed by atoms with E-state index in [2.05, 4.69) is 6.92 Å². The molecule has 0 radical (unpaired) electrons. The number of phenolic OH excluding ortho intramolecular Hbond substituents is 1. The minimum atomic E-state index is 0.221. The van der Waals surface area contributed by atoms with Crippen molar-refractivity contribution >= 4 is 5.69 Å². The van der Waals surface area contributed by atoms with Gasteiger partial charge in [-0.15, -0.1) is 0 Å². The third-order valence-electron chi connectivity index (χ3n) is 5.47. The van der Waals surface area contributed by atoms with Crippen molar-refractivity contribution in [2.45, 2.75) is 116 Å². The highest BCUT2D eigenvalue weighted by molar-refractivity contribution is 5.57. The molecule has 0 spiro atoms. The summed E-state index contributed by atoms with van der Waals surface area (Å²) in [6.07, 6.45) is 23.3. The lowest BCUT2D eigenvalue weighted by molar-refractivity contribution is 0.477. The van der Waals surface area contributed by atoms with E-state index in [-0.39, 0.29) is 5.75 Å². The first-order valence-electron chi connectivity index (χ1n) is 11.3. The molecule has 0 amide bonds. The number of aromatic hydroxyl groups is 1. The smallest absolute Gasteiger partial charge is 0.138 e. The van der Waals surface area contributed by atoms with Crippen molar-refractivity contribution in [1.29, 1.82) is 0 Å². The summed E-state index contributed by atoms with van der Waals surface area (Å²) in [4.78, 5) is 0. The van der Waals surface area contributed by atoms with Crippen molar-refractivity contribution in [1.82, 2.24) is 0 Å². The standard InChI is InChI=1S/C24H43NO/c1-2-3-4-5-6-7-8-9-10-11-12-13-14-15-16-17-19-22-20-18-21-23(26)24(22)25/h18,20-21,26H,2-17,19,25H2,1H3. The van der Waals surface area contributed by atoms with Crippen molar-refractivity contribution in [3.05, 3.63) is 23.8 Å². The summed E-state index contributed by atoms with van der Waals surface area (Å²) in [5.74, 6) is 0.221. The highest BCUT2D eigenvalue weighted by atomic mass is 16.3. The molecule has 0 saturated carbocycles. The van der Waals surface area contributed by atoms with Gasteiger partial charge in [-0.2, -0.15) is 0 Å². The van der Waals surface area contributed by atoms with E-state index in [0.717, 1.165) is 12.0 Å². The van der Waals surface area contributed by atoms with Crippen molar-refractivity contribution < 1.29 is 5.11 Å². The lowest BCUT2D eigenvalue weighted by Gasteiger charge is -2.07. The lowest BCUT2D eigenvalue weighted by Crippen LogP contribution is -1.95. The second-order valence-electron chi connectivity index (χ2n) is 7.90. The summed E-state index contributed by atoms with van der Waals surface area (Å²) in [6, 6.07) is 5.57. The van der Waals surface area contributed by atoms with E-state index in [1.54, 1.807) is 6.07 Å². The van der Waals surface area contributed by atoms with Crippen molar-refractivity contribution in [3.63, 3.8) is 0 Å². The number of hydrogen-bond donors (Lipinski definition) is 2. The molecule has 0 aromatic heterocycles. The van der Waals surface area contributed by atoms with Gasteiger partial charge in [0.15, 0.2) is 0 Å². The van der Waals surface area contributed by atoms with Gasteiger partial charge in [0.1, 0.15) is 5.75 Å². The Labute approximate surface area is 162 Å². The Hall–Kier alpha value is -1.18. The molecule has 0 bridgehead atoms. The lowest BCUT2D eigenvalue weighted by atomic mass is 10.0. The quantitative estimate of drug-likeness (QED) is 0.169. The molecular weight excluding hydrogens is 318 g/mol. The van der Waals surface area contributed by atoms with Crippen molar-refractivity contribution in [2.75, 3.05) is 5.73 Å². The largest absolute Gasteiger partial charge is 0.506 e. The zero-order valence-electron chi connectivity index (χ0n) is 17.3. The first kappa shape index (κ1) is 22.9. The molecule has 3 N–H and O–H groups in total. The van der Waals surface area contributed by atoms with Gasteiger partial charge >= 0.3 is 0 Å². The predicted octanol–water partition coefficient (Wildman–Crippen LogP) is 7.78. The van der Waals surface area contributed by atoms with Crippen LogP contribution in [0.5, 0.6) is 5.75 Å². The van der Waals surface area contributed by atoms with Crippen LogP contribution in [0.15, 0.2) is 18.2 Å². The third-order valence-corrected chi connectivity index (χ3v) is 5.47. The van der Waals surface area contributed by atoms with Gasteiger partial charge < -0.3 is 10.8 Å². The van der Waals surface area contributed by atoms with E-state index in [1.165, 1.54) is 103 Å². The van der Waals surface area contributed by atoms with Crippen LogP contribution in [0.3, 0.4) is 0 Å². The summed E-state index contributed by atoms with van der Waals surface area (Å²) in [5.41, 5.74) is 7.56. The van der Waals surface area contributed by atoms with Gasteiger partial charge in [-0.3, -0.25) is 0 Å². The molecule has 0 fully saturated rings. The topological polar surface area (TPSA) is 46.2 Å². The molecule has 2 heteroatoms. The number of benzene rings is 1. The zero-order chi connectivity index (χ0) is 18.9. The van der Waals surface area contributed by atoms with Crippen LogP contribution >= 0.6 is 0 Å². The molecule has 1 aromatic rings. The molecule has 0 aliphatic rings. The summed E-state index contributed by atoms with van der Waals surface area (Å²) in [5, 5.41) is 9.61. The maximum Gasteiger partial charge on any atom is 0.138 e.